The Morgan fingerprint density at radius 2 is 1.60 bits per heavy atom. The van der Waals surface area contributed by atoms with Gasteiger partial charge in [-0.25, -0.2) is 19.9 Å². The molecule has 8 nitrogen and oxygen atoms in total. The van der Waals surface area contributed by atoms with Crippen LogP contribution in [0.25, 0.3) is 22.1 Å². The van der Waals surface area contributed by atoms with Crippen molar-refractivity contribution in [1.82, 2.24) is 39.9 Å². The summed E-state index contributed by atoms with van der Waals surface area (Å²) in [4.78, 5) is 16.9. The monoisotopic (exact) mass is 374 g/mol. The zero-order valence-corrected chi connectivity index (χ0v) is 16.2. The molecule has 0 radical (unpaired) electrons. The molecule has 0 aromatic carbocycles. The summed E-state index contributed by atoms with van der Waals surface area (Å²) >= 11 is 3.06. The van der Waals surface area contributed by atoms with E-state index in [0.717, 1.165) is 43.8 Å². The molecule has 0 saturated heterocycles. The first-order valence-electron chi connectivity index (χ1n) is 7.45. The van der Waals surface area contributed by atoms with Crippen molar-refractivity contribution in [3.63, 3.8) is 0 Å². The van der Waals surface area contributed by atoms with Crippen molar-refractivity contribution >= 4 is 45.6 Å². The Hall–Kier alpha value is -2.20. The first-order chi connectivity index (χ1) is 12.0. The number of aryl methyl sites for hydroxylation is 3. The fraction of sp³-hybridized carbons (Fsp3) is 0.333. The van der Waals surface area contributed by atoms with E-state index in [1.807, 2.05) is 39.6 Å². The number of rotatable bonds is 2. The maximum Gasteiger partial charge on any atom is 0.189 e. The highest BCUT2D eigenvalue weighted by atomic mass is 32.2. The van der Waals surface area contributed by atoms with Gasteiger partial charge in [0.1, 0.15) is 0 Å². The Balaban J connectivity index is 0.000000146. The predicted octanol–water partition coefficient (Wildman–Crippen LogP) is 2.78. The minimum absolute atomic E-state index is 0.742. The SMILES string of the molecule is CSc1ncc2c(C)[nH]nc2n1.CSc1ncc2c(C)nn(C)c2n1. The molecular formula is C15H18N8S2. The summed E-state index contributed by atoms with van der Waals surface area (Å²) in [6, 6.07) is 0. The van der Waals surface area contributed by atoms with Gasteiger partial charge in [0.05, 0.1) is 16.5 Å². The lowest BCUT2D eigenvalue weighted by molar-refractivity contribution is 0.766. The molecule has 0 spiro atoms. The Bertz CT molecular complexity index is 1020. The molecule has 0 atom stereocenters. The van der Waals surface area contributed by atoms with Gasteiger partial charge >= 0.3 is 0 Å². The Morgan fingerprint density at radius 1 is 0.960 bits per heavy atom. The molecule has 0 aliphatic rings. The minimum atomic E-state index is 0.742. The lowest BCUT2D eigenvalue weighted by atomic mass is 10.3. The van der Waals surface area contributed by atoms with Crippen molar-refractivity contribution in [3.05, 3.63) is 23.8 Å². The normalized spacial score (nSPS) is 10.9. The third kappa shape index (κ3) is 3.59. The zero-order chi connectivity index (χ0) is 18.0. The molecule has 0 unspecified atom stereocenters. The van der Waals surface area contributed by atoms with Crippen LogP contribution >= 0.6 is 23.5 Å². The zero-order valence-electron chi connectivity index (χ0n) is 14.6. The highest BCUT2D eigenvalue weighted by Gasteiger charge is 2.07. The van der Waals surface area contributed by atoms with E-state index >= 15 is 0 Å². The summed E-state index contributed by atoms with van der Waals surface area (Å²) in [7, 11) is 1.90. The molecule has 25 heavy (non-hydrogen) atoms. The molecule has 130 valence electrons. The summed E-state index contributed by atoms with van der Waals surface area (Å²) in [6.45, 7) is 3.92. The first-order valence-corrected chi connectivity index (χ1v) is 9.90. The molecular weight excluding hydrogens is 356 g/mol. The smallest absolute Gasteiger partial charge is 0.189 e. The lowest BCUT2D eigenvalue weighted by Gasteiger charge is -1.95. The topological polar surface area (TPSA) is 98.1 Å². The van der Waals surface area contributed by atoms with Gasteiger partial charge in [0, 0.05) is 25.1 Å². The number of nitrogens with one attached hydrogen (secondary N) is 1. The molecule has 0 fully saturated rings. The Labute approximate surface area is 153 Å². The van der Waals surface area contributed by atoms with Gasteiger partial charge in [0.25, 0.3) is 0 Å². The average Bonchev–Trinajstić information content (AvgIpc) is 3.14. The van der Waals surface area contributed by atoms with Gasteiger partial charge in [-0.15, -0.1) is 0 Å². The molecule has 0 aliphatic carbocycles. The van der Waals surface area contributed by atoms with Gasteiger partial charge in [-0.05, 0) is 26.4 Å². The predicted molar refractivity (Wildman–Crippen MR) is 101 cm³/mol. The van der Waals surface area contributed by atoms with Crippen LogP contribution in [-0.4, -0.2) is 52.4 Å². The van der Waals surface area contributed by atoms with Crippen molar-refractivity contribution in [2.75, 3.05) is 12.5 Å². The van der Waals surface area contributed by atoms with Gasteiger partial charge in [-0.1, -0.05) is 23.5 Å². The lowest BCUT2D eigenvalue weighted by Crippen LogP contribution is -1.93. The highest BCUT2D eigenvalue weighted by molar-refractivity contribution is 7.98. The quantitative estimate of drug-likeness (QED) is 0.422. The molecule has 0 amide bonds. The minimum Gasteiger partial charge on any atom is -0.280 e. The van der Waals surface area contributed by atoms with Gasteiger partial charge < -0.3 is 0 Å². The number of aromatic amines is 1. The van der Waals surface area contributed by atoms with Crippen molar-refractivity contribution in [2.45, 2.75) is 24.2 Å². The maximum atomic E-state index is 4.37. The summed E-state index contributed by atoms with van der Waals surface area (Å²) in [5.41, 5.74) is 3.63. The largest absolute Gasteiger partial charge is 0.280 e. The van der Waals surface area contributed by atoms with E-state index in [1.54, 1.807) is 10.9 Å². The standard InChI is InChI=1S/C8H10N4S.C7H8N4S/c1-5-6-4-9-8(13-3)10-7(6)12(2)11-5;1-4-5-3-8-7(12-2)9-6(5)11-10-4/h4H,1-3H3;3H,1-2H3,(H,8,9,10,11). The molecule has 4 aromatic heterocycles. The van der Waals surface area contributed by atoms with Crippen LogP contribution in [0.3, 0.4) is 0 Å². The van der Waals surface area contributed by atoms with Crippen LogP contribution in [0, 0.1) is 13.8 Å². The molecule has 1 N–H and O–H groups in total. The van der Waals surface area contributed by atoms with E-state index in [4.69, 9.17) is 0 Å². The molecule has 0 bridgehead atoms. The van der Waals surface area contributed by atoms with Crippen LogP contribution in [-0.2, 0) is 7.05 Å². The molecule has 10 heteroatoms. The van der Waals surface area contributed by atoms with E-state index < -0.39 is 0 Å². The maximum absolute atomic E-state index is 4.37. The van der Waals surface area contributed by atoms with E-state index in [-0.39, 0.29) is 0 Å². The number of fused-ring (bicyclic) bond motifs is 2. The number of thioether (sulfide) groups is 2. The van der Waals surface area contributed by atoms with E-state index in [0.29, 0.717) is 0 Å². The van der Waals surface area contributed by atoms with Gasteiger partial charge in [0.2, 0.25) is 0 Å². The van der Waals surface area contributed by atoms with E-state index in [1.165, 1.54) is 23.5 Å². The highest BCUT2D eigenvalue weighted by Crippen LogP contribution is 2.17. The second-order valence-electron chi connectivity index (χ2n) is 5.25. The molecule has 4 rings (SSSR count). The van der Waals surface area contributed by atoms with E-state index in [9.17, 15) is 0 Å². The fourth-order valence-corrected chi connectivity index (χ4v) is 2.96. The summed E-state index contributed by atoms with van der Waals surface area (Å²) in [5.74, 6) is 0. The fourth-order valence-electron chi connectivity index (χ4n) is 2.29. The van der Waals surface area contributed by atoms with Crippen LogP contribution in [0.4, 0.5) is 0 Å². The van der Waals surface area contributed by atoms with Crippen molar-refractivity contribution in [2.24, 2.45) is 7.05 Å². The number of H-pyrrole nitrogens is 1. The van der Waals surface area contributed by atoms with Crippen LogP contribution in [0.15, 0.2) is 22.7 Å². The van der Waals surface area contributed by atoms with Gasteiger partial charge in [-0.3, -0.25) is 9.78 Å². The van der Waals surface area contributed by atoms with Crippen LogP contribution < -0.4 is 0 Å². The van der Waals surface area contributed by atoms with Crippen LogP contribution in [0.1, 0.15) is 11.4 Å². The first kappa shape index (κ1) is 17.6. The van der Waals surface area contributed by atoms with Crippen molar-refractivity contribution in [1.29, 1.82) is 0 Å². The van der Waals surface area contributed by atoms with Gasteiger partial charge in [-0.2, -0.15) is 10.2 Å². The van der Waals surface area contributed by atoms with E-state index in [2.05, 4.69) is 35.2 Å². The Morgan fingerprint density at radius 3 is 2.28 bits per heavy atom. The molecule has 0 saturated carbocycles. The third-order valence-corrected chi connectivity index (χ3v) is 4.71. The molecule has 0 aliphatic heterocycles. The van der Waals surface area contributed by atoms with Crippen molar-refractivity contribution < 1.29 is 0 Å². The molecule has 4 aromatic rings. The number of hydrogen-bond donors (Lipinski definition) is 1. The second kappa shape index (κ2) is 7.36. The summed E-state index contributed by atoms with van der Waals surface area (Å²) < 4.78 is 1.78. The Kier molecular flexibility index (Phi) is 5.19. The van der Waals surface area contributed by atoms with Crippen LogP contribution in [0.2, 0.25) is 0 Å². The number of hydrogen-bond acceptors (Lipinski definition) is 8. The average molecular weight is 374 g/mol. The second-order valence-corrected chi connectivity index (χ2v) is 6.79. The van der Waals surface area contributed by atoms with Gasteiger partial charge in [0.15, 0.2) is 21.6 Å². The third-order valence-electron chi connectivity index (χ3n) is 3.59. The molecule has 4 heterocycles. The summed E-state index contributed by atoms with van der Waals surface area (Å²) in [6.07, 6.45) is 7.54. The summed E-state index contributed by atoms with van der Waals surface area (Å²) in [5, 5.41) is 14.7. The van der Waals surface area contributed by atoms with Crippen molar-refractivity contribution in [3.8, 4) is 0 Å². The van der Waals surface area contributed by atoms with Crippen LogP contribution in [0.5, 0.6) is 0 Å². The number of nitrogens with zero attached hydrogens (tertiary/aromatic N) is 7. The number of aromatic nitrogens is 8.